The first-order chi connectivity index (χ1) is 12.6. The van der Waals surface area contributed by atoms with Crippen molar-refractivity contribution in [3.05, 3.63) is 59.2 Å². The largest absolute Gasteiger partial charge is 0.416 e. The van der Waals surface area contributed by atoms with E-state index in [-0.39, 0.29) is 35.2 Å². The quantitative estimate of drug-likeness (QED) is 0.734. The van der Waals surface area contributed by atoms with Gasteiger partial charge in [-0.1, -0.05) is 13.8 Å². The fourth-order valence-electron chi connectivity index (χ4n) is 2.24. The third-order valence-electron chi connectivity index (χ3n) is 3.75. The zero-order chi connectivity index (χ0) is 20.2. The van der Waals surface area contributed by atoms with Crippen LogP contribution in [-0.4, -0.2) is 11.8 Å². The van der Waals surface area contributed by atoms with Crippen LogP contribution in [0.4, 0.5) is 24.5 Å². The fourth-order valence-corrected chi connectivity index (χ4v) is 2.24. The highest BCUT2D eigenvalue weighted by molar-refractivity contribution is 6.04. The van der Waals surface area contributed by atoms with Gasteiger partial charge in [0.2, 0.25) is 5.91 Å². The maximum atomic E-state index is 13.0. The van der Waals surface area contributed by atoms with Crippen LogP contribution in [0.1, 0.15) is 35.3 Å². The van der Waals surface area contributed by atoms with Crippen molar-refractivity contribution >= 4 is 23.2 Å². The first-order valence-corrected chi connectivity index (χ1v) is 8.23. The second kappa shape index (κ2) is 8.22. The number of anilines is 2. The van der Waals surface area contributed by atoms with E-state index in [1.54, 1.807) is 26.0 Å². The Morgan fingerprint density at radius 2 is 1.63 bits per heavy atom. The van der Waals surface area contributed by atoms with E-state index in [0.29, 0.717) is 5.69 Å². The predicted molar refractivity (Wildman–Crippen MR) is 97.2 cm³/mol. The van der Waals surface area contributed by atoms with E-state index < -0.39 is 17.6 Å². The normalized spacial score (nSPS) is 11.4. The third kappa shape index (κ3) is 5.55. The van der Waals surface area contributed by atoms with Crippen LogP contribution in [0.15, 0.2) is 42.5 Å². The first-order valence-electron chi connectivity index (χ1n) is 8.23. The van der Waals surface area contributed by atoms with E-state index in [4.69, 9.17) is 5.73 Å². The molecule has 0 radical (unpaired) electrons. The van der Waals surface area contributed by atoms with Crippen molar-refractivity contribution in [2.24, 2.45) is 11.7 Å². The van der Waals surface area contributed by atoms with Crippen molar-refractivity contribution in [3.63, 3.8) is 0 Å². The summed E-state index contributed by atoms with van der Waals surface area (Å²) in [4.78, 5) is 24.0. The van der Waals surface area contributed by atoms with Gasteiger partial charge in [0.05, 0.1) is 5.56 Å². The van der Waals surface area contributed by atoms with Crippen LogP contribution in [0.25, 0.3) is 0 Å². The number of benzene rings is 2. The average Bonchev–Trinajstić information content (AvgIpc) is 2.61. The number of nitrogens with one attached hydrogen (secondary N) is 2. The summed E-state index contributed by atoms with van der Waals surface area (Å²) >= 11 is 0. The zero-order valence-electron chi connectivity index (χ0n) is 14.9. The molecule has 2 aromatic rings. The zero-order valence-corrected chi connectivity index (χ0v) is 14.9. The maximum Gasteiger partial charge on any atom is 0.416 e. The van der Waals surface area contributed by atoms with Gasteiger partial charge in [0, 0.05) is 29.4 Å². The lowest BCUT2D eigenvalue weighted by Gasteiger charge is -2.13. The van der Waals surface area contributed by atoms with E-state index in [1.165, 1.54) is 18.2 Å². The predicted octanol–water partition coefficient (Wildman–Crippen LogP) is 4.01. The summed E-state index contributed by atoms with van der Waals surface area (Å²) in [6.45, 7) is 3.42. The molecule has 0 aliphatic carbocycles. The van der Waals surface area contributed by atoms with Crippen LogP contribution >= 0.6 is 0 Å². The molecule has 0 saturated carbocycles. The van der Waals surface area contributed by atoms with E-state index >= 15 is 0 Å². The Balaban J connectivity index is 2.16. The van der Waals surface area contributed by atoms with Crippen molar-refractivity contribution in [3.8, 4) is 0 Å². The van der Waals surface area contributed by atoms with Crippen molar-refractivity contribution in [2.75, 3.05) is 10.6 Å². The number of hydrogen-bond acceptors (Lipinski definition) is 3. The Kier molecular flexibility index (Phi) is 6.22. The summed E-state index contributed by atoms with van der Waals surface area (Å²) in [5.74, 6) is -0.921. The molecule has 0 spiro atoms. The Morgan fingerprint density at radius 1 is 1.00 bits per heavy atom. The highest BCUT2D eigenvalue weighted by Gasteiger charge is 2.31. The molecule has 0 aliphatic heterocycles. The Hall–Kier alpha value is -2.87. The minimum atomic E-state index is -4.54. The Morgan fingerprint density at radius 3 is 2.15 bits per heavy atom. The van der Waals surface area contributed by atoms with Gasteiger partial charge in [-0.15, -0.1) is 0 Å². The van der Waals surface area contributed by atoms with Gasteiger partial charge in [-0.05, 0) is 48.0 Å². The van der Waals surface area contributed by atoms with Crippen LogP contribution in [-0.2, 0) is 17.5 Å². The van der Waals surface area contributed by atoms with Crippen LogP contribution < -0.4 is 16.4 Å². The molecule has 4 N–H and O–H groups in total. The topological polar surface area (TPSA) is 84.2 Å². The molecule has 0 fully saturated rings. The number of nitrogens with two attached hydrogens (primary N) is 1. The molecule has 0 bridgehead atoms. The molecule has 5 nitrogen and oxygen atoms in total. The summed E-state index contributed by atoms with van der Waals surface area (Å²) in [6.07, 6.45) is -4.54. The summed E-state index contributed by atoms with van der Waals surface area (Å²) < 4.78 is 38.9. The second-order valence-corrected chi connectivity index (χ2v) is 6.30. The van der Waals surface area contributed by atoms with Gasteiger partial charge in [-0.25, -0.2) is 0 Å². The first kappa shape index (κ1) is 20.4. The number of rotatable bonds is 5. The molecular weight excluding hydrogens is 359 g/mol. The van der Waals surface area contributed by atoms with Crippen LogP contribution in [0.5, 0.6) is 0 Å². The van der Waals surface area contributed by atoms with E-state index in [0.717, 1.165) is 12.1 Å². The van der Waals surface area contributed by atoms with Crippen molar-refractivity contribution < 1.29 is 22.8 Å². The van der Waals surface area contributed by atoms with Crippen molar-refractivity contribution in [1.82, 2.24) is 0 Å². The summed E-state index contributed by atoms with van der Waals surface area (Å²) in [7, 11) is 0. The van der Waals surface area contributed by atoms with Gasteiger partial charge >= 0.3 is 6.18 Å². The molecule has 2 amide bonds. The number of hydrogen-bond donors (Lipinski definition) is 3. The molecule has 8 heteroatoms. The maximum absolute atomic E-state index is 13.0. The fraction of sp³-hybridized carbons (Fsp3) is 0.263. The molecule has 2 aromatic carbocycles. The summed E-state index contributed by atoms with van der Waals surface area (Å²) in [5, 5.41) is 5.13. The number of amides is 2. The van der Waals surface area contributed by atoms with Gasteiger partial charge in [0.1, 0.15) is 0 Å². The molecular formula is C19H20F3N3O2. The standard InChI is InChI=1S/C19H20F3N3O2/c1-11(2)17(26)24-15-5-3-13(4-6-15)18(27)25-16-8-12(10-23)7-14(9-16)19(20,21)22/h3-9,11H,10,23H2,1-2H3,(H,24,26)(H,25,27). The van der Waals surface area contributed by atoms with E-state index in [9.17, 15) is 22.8 Å². The summed E-state index contributed by atoms with van der Waals surface area (Å²) in [6, 6.07) is 9.24. The third-order valence-corrected chi connectivity index (χ3v) is 3.75. The monoisotopic (exact) mass is 379 g/mol. The molecule has 27 heavy (non-hydrogen) atoms. The molecule has 144 valence electrons. The van der Waals surface area contributed by atoms with Gasteiger partial charge in [0.15, 0.2) is 0 Å². The van der Waals surface area contributed by atoms with Gasteiger partial charge < -0.3 is 16.4 Å². The smallest absolute Gasteiger partial charge is 0.326 e. The van der Waals surface area contributed by atoms with E-state index in [1.807, 2.05) is 0 Å². The number of halogens is 3. The highest BCUT2D eigenvalue weighted by atomic mass is 19.4. The molecule has 0 aromatic heterocycles. The number of carbonyl (C=O) groups is 2. The lowest BCUT2D eigenvalue weighted by Crippen LogP contribution is -2.18. The van der Waals surface area contributed by atoms with Crippen molar-refractivity contribution in [2.45, 2.75) is 26.6 Å². The van der Waals surface area contributed by atoms with Crippen molar-refractivity contribution in [1.29, 1.82) is 0 Å². The van der Waals surface area contributed by atoms with Gasteiger partial charge in [-0.2, -0.15) is 13.2 Å². The second-order valence-electron chi connectivity index (χ2n) is 6.30. The Labute approximate surface area is 154 Å². The van der Waals surface area contributed by atoms with Gasteiger partial charge in [-0.3, -0.25) is 9.59 Å². The lowest BCUT2D eigenvalue weighted by atomic mass is 10.1. The van der Waals surface area contributed by atoms with Crippen LogP contribution in [0.3, 0.4) is 0 Å². The van der Waals surface area contributed by atoms with Gasteiger partial charge in [0.25, 0.3) is 5.91 Å². The minimum Gasteiger partial charge on any atom is -0.326 e. The summed E-state index contributed by atoms with van der Waals surface area (Å²) in [5.41, 5.74) is 5.58. The Bertz CT molecular complexity index is 831. The minimum absolute atomic E-state index is 0.00691. The number of carbonyl (C=O) groups excluding carboxylic acids is 2. The molecule has 0 aliphatic rings. The SMILES string of the molecule is CC(C)C(=O)Nc1ccc(C(=O)Nc2cc(CN)cc(C(F)(F)F)c2)cc1. The molecule has 0 atom stereocenters. The highest BCUT2D eigenvalue weighted by Crippen LogP contribution is 2.32. The lowest BCUT2D eigenvalue weighted by molar-refractivity contribution is -0.137. The average molecular weight is 379 g/mol. The van der Waals surface area contributed by atoms with Crippen LogP contribution in [0, 0.1) is 5.92 Å². The molecule has 0 unspecified atom stereocenters. The number of alkyl halides is 3. The molecule has 2 rings (SSSR count). The molecule has 0 saturated heterocycles. The molecule has 0 heterocycles. The van der Waals surface area contributed by atoms with E-state index in [2.05, 4.69) is 10.6 Å². The van der Waals surface area contributed by atoms with Crippen LogP contribution in [0.2, 0.25) is 0 Å².